The van der Waals surface area contributed by atoms with Gasteiger partial charge >= 0.3 is 0 Å². The highest BCUT2D eigenvalue weighted by molar-refractivity contribution is 6.30. The largest absolute Gasteiger partial charge is 0.395 e. The Balaban J connectivity index is 2.31. The predicted molar refractivity (Wildman–Crippen MR) is 80.8 cm³/mol. The fraction of sp³-hybridized carbons (Fsp3) is 0.250. The molecule has 0 fully saturated rings. The highest BCUT2D eigenvalue weighted by Gasteiger charge is 2.17. The van der Waals surface area contributed by atoms with E-state index in [-0.39, 0.29) is 25.3 Å². The first-order valence-electron chi connectivity index (χ1n) is 6.52. The minimum atomic E-state index is -0.365. The number of nitrogens with one attached hydrogen (secondary N) is 1. The summed E-state index contributed by atoms with van der Waals surface area (Å²) in [4.78, 5) is 0. The predicted octanol–water partition coefficient (Wildman–Crippen LogP) is 2.37. The van der Waals surface area contributed by atoms with Crippen molar-refractivity contribution in [2.75, 3.05) is 13.2 Å². The molecule has 0 aliphatic heterocycles. The van der Waals surface area contributed by atoms with E-state index in [1.807, 2.05) is 54.6 Å². The Hall–Kier alpha value is -1.39. The Bertz CT molecular complexity index is 512. The number of hydrogen-bond acceptors (Lipinski definition) is 3. The molecule has 0 amide bonds. The van der Waals surface area contributed by atoms with Crippen molar-refractivity contribution >= 4 is 11.6 Å². The fourth-order valence-corrected chi connectivity index (χ4v) is 2.21. The third-order valence-electron chi connectivity index (χ3n) is 3.18. The second kappa shape index (κ2) is 7.41. The lowest BCUT2D eigenvalue weighted by molar-refractivity contribution is 0.165. The molecule has 3 nitrogen and oxygen atoms in total. The Morgan fingerprint density at radius 1 is 0.850 bits per heavy atom. The first kappa shape index (κ1) is 15.0. The zero-order valence-corrected chi connectivity index (χ0v) is 11.8. The van der Waals surface area contributed by atoms with Crippen LogP contribution in [0.4, 0.5) is 0 Å². The van der Waals surface area contributed by atoms with Crippen LogP contribution in [0.1, 0.15) is 17.2 Å². The molecule has 2 aromatic rings. The molecule has 0 saturated carbocycles. The van der Waals surface area contributed by atoms with E-state index in [1.54, 1.807) is 0 Å². The summed E-state index contributed by atoms with van der Waals surface area (Å²) in [7, 11) is 0. The van der Waals surface area contributed by atoms with E-state index in [1.165, 1.54) is 0 Å². The van der Waals surface area contributed by atoms with Gasteiger partial charge in [-0.15, -0.1) is 0 Å². The maximum atomic E-state index is 9.27. The van der Waals surface area contributed by atoms with Crippen LogP contribution in [0.15, 0.2) is 54.6 Å². The van der Waals surface area contributed by atoms with Crippen LogP contribution in [0, 0.1) is 0 Å². The minimum absolute atomic E-state index is 0.0993. The number of aliphatic hydroxyl groups is 2. The molecule has 0 radical (unpaired) electrons. The van der Waals surface area contributed by atoms with Gasteiger partial charge in [-0.3, -0.25) is 5.32 Å². The van der Waals surface area contributed by atoms with Crippen LogP contribution < -0.4 is 5.32 Å². The van der Waals surface area contributed by atoms with Gasteiger partial charge in [0.2, 0.25) is 0 Å². The zero-order valence-electron chi connectivity index (χ0n) is 11.0. The van der Waals surface area contributed by atoms with Crippen molar-refractivity contribution < 1.29 is 10.2 Å². The zero-order chi connectivity index (χ0) is 14.4. The lowest BCUT2D eigenvalue weighted by atomic mass is 9.98. The minimum Gasteiger partial charge on any atom is -0.395 e. The van der Waals surface area contributed by atoms with Crippen LogP contribution >= 0.6 is 11.6 Å². The molecule has 0 saturated heterocycles. The van der Waals surface area contributed by atoms with Crippen LogP contribution in [-0.4, -0.2) is 29.5 Å². The summed E-state index contributed by atoms with van der Waals surface area (Å²) in [5.41, 5.74) is 2.11. The van der Waals surface area contributed by atoms with Gasteiger partial charge in [-0.1, -0.05) is 54.1 Å². The lowest BCUT2D eigenvalue weighted by Crippen LogP contribution is -2.38. The molecule has 0 aromatic heterocycles. The Morgan fingerprint density at radius 2 is 1.40 bits per heavy atom. The van der Waals surface area contributed by atoms with Crippen LogP contribution in [0.25, 0.3) is 0 Å². The molecule has 0 heterocycles. The summed E-state index contributed by atoms with van der Waals surface area (Å²) < 4.78 is 0. The van der Waals surface area contributed by atoms with Gasteiger partial charge in [0, 0.05) is 5.02 Å². The Labute approximate surface area is 123 Å². The van der Waals surface area contributed by atoms with Gasteiger partial charge in [0.1, 0.15) is 0 Å². The Morgan fingerprint density at radius 3 is 1.95 bits per heavy atom. The van der Waals surface area contributed by atoms with Gasteiger partial charge < -0.3 is 10.2 Å². The van der Waals surface area contributed by atoms with Crippen molar-refractivity contribution in [1.82, 2.24) is 5.32 Å². The topological polar surface area (TPSA) is 52.5 Å². The van der Waals surface area contributed by atoms with E-state index in [2.05, 4.69) is 5.32 Å². The van der Waals surface area contributed by atoms with Crippen LogP contribution in [0.5, 0.6) is 0 Å². The molecule has 4 heteroatoms. The van der Waals surface area contributed by atoms with E-state index in [0.29, 0.717) is 5.02 Å². The second-order valence-corrected chi connectivity index (χ2v) is 5.06. The molecule has 0 spiro atoms. The molecular weight excluding hydrogens is 274 g/mol. The molecule has 0 unspecified atom stereocenters. The van der Waals surface area contributed by atoms with Gasteiger partial charge in [-0.05, 0) is 23.3 Å². The standard InChI is InChI=1S/C16H18ClNO2/c17-14-8-6-13(7-9-14)16(18-15(10-19)11-20)12-4-2-1-3-5-12/h1-9,15-16,18-20H,10-11H2/t16-/m1/s1. The summed E-state index contributed by atoms with van der Waals surface area (Å²) in [6.07, 6.45) is 0. The SMILES string of the molecule is OCC(CO)N[C@H](c1ccccc1)c1ccc(Cl)cc1. The van der Waals surface area contributed by atoms with E-state index < -0.39 is 0 Å². The molecule has 0 aliphatic rings. The van der Waals surface area contributed by atoms with Crippen LogP contribution in [-0.2, 0) is 0 Å². The summed E-state index contributed by atoms with van der Waals surface area (Å²) in [6.45, 7) is -0.235. The third-order valence-corrected chi connectivity index (χ3v) is 3.43. The molecule has 2 aromatic carbocycles. The van der Waals surface area contributed by atoms with Crippen LogP contribution in [0.3, 0.4) is 0 Å². The third kappa shape index (κ3) is 3.81. The maximum Gasteiger partial charge on any atom is 0.0607 e. The average Bonchev–Trinajstić information content (AvgIpc) is 2.51. The Kier molecular flexibility index (Phi) is 5.56. The lowest BCUT2D eigenvalue weighted by Gasteiger charge is -2.24. The van der Waals surface area contributed by atoms with Gasteiger partial charge in [0.15, 0.2) is 0 Å². The van der Waals surface area contributed by atoms with Crippen molar-refractivity contribution in [2.24, 2.45) is 0 Å². The van der Waals surface area contributed by atoms with Gasteiger partial charge in [0.05, 0.1) is 25.3 Å². The van der Waals surface area contributed by atoms with Crippen molar-refractivity contribution in [3.8, 4) is 0 Å². The molecule has 106 valence electrons. The van der Waals surface area contributed by atoms with E-state index in [4.69, 9.17) is 11.6 Å². The summed E-state index contributed by atoms with van der Waals surface area (Å²) in [5, 5.41) is 22.5. The molecule has 0 bridgehead atoms. The number of rotatable bonds is 6. The number of halogens is 1. The molecule has 0 aliphatic carbocycles. The molecule has 20 heavy (non-hydrogen) atoms. The summed E-state index contributed by atoms with van der Waals surface area (Å²) >= 11 is 5.92. The number of hydrogen-bond donors (Lipinski definition) is 3. The molecular formula is C16H18ClNO2. The molecule has 2 rings (SSSR count). The fourth-order valence-electron chi connectivity index (χ4n) is 2.08. The number of aliphatic hydroxyl groups excluding tert-OH is 2. The summed E-state index contributed by atoms with van der Waals surface area (Å²) in [5.74, 6) is 0. The molecule has 3 N–H and O–H groups in total. The van der Waals surface area contributed by atoms with Crippen molar-refractivity contribution in [1.29, 1.82) is 0 Å². The van der Waals surface area contributed by atoms with Crippen LogP contribution in [0.2, 0.25) is 5.02 Å². The van der Waals surface area contributed by atoms with E-state index in [0.717, 1.165) is 11.1 Å². The van der Waals surface area contributed by atoms with Crippen molar-refractivity contribution in [2.45, 2.75) is 12.1 Å². The van der Waals surface area contributed by atoms with Crippen molar-refractivity contribution in [3.63, 3.8) is 0 Å². The molecule has 1 atom stereocenters. The highest BCUT2D eigenvalue weighted by Crippen LogP contribution is 2.24. The summed E-state index contributed by atoms with van der Waals surface area (Å²) in [6, 6.07) is 17.0. The van der Waals surface area contributed by atoms with E-state index >= 15 is 0 Å². The number of benzene rings is 2. The highest BCUT2D eigenvalue weighted by atomic mass is 35.5. The van der Waals surface area contributed by atoms with Gasteiger partial charge in [-0.2, -0.15) is 0 Å². The average molecular weight is 292 g/mol. The van der Waals surface area contributed by atoms with Crippen molar-refractivity contribution in [3.05, 3.63) is 70.7 Å². The smallest absolute Gasteiger partial charge is 0.0607 e. The van der Waals surface area contributed by atoms with E-state index in [9.17, 15) is 10.2 Å². The van der Waals surface area contributed by atoms with Gasteiger partial charge in [0.25, 0.3) is 0 Å². The second-order valence-electron chi connectivity index (χ2n) is 4.62. The first-order valence-corrected chi connectivity index (χ1v) is 6.90. The first-order chi connectivity index (χ1) is 9.74. The quantitative estimate of drug-likeness (QED) is 0.766. The maximum absolute atomic E-state index is 9.27. The van der Waals surface area contributed by atoms with Gasteiger partial charge in [-0.25, -0.2) is 0 Å². The monoisotopic (exact) mass is 291 g/mol. The normalized spacial score (nSPS) is 12.6.